The fourth-order valence-corrected chi connectivity index (χ4v) is 3.67. The number of pyridine rings is 1. The van der Waals surface area contributed by atoms with Crippen LogP contribution in [0, 0.1) is 0 Å². The van der Waals surface area contributed by atoms with Gasteiger partial charge in [-0.25, -0.2) is 0 Å². The molecule has 1 heterocycles. The maximum Gasteiger partial charge on any atom is 0.363 e. The molecular formula is C7H11NO7P2. The van der Waals surface area contributed by atoms with Crippen LogP contribution in [0.2, 0.25) is 0 Å². The van der Waals surface area contributed by atoms with Crippen molar-refractivity contribution in [2.24, 2.45) is 0 Å². The van der Waals surface area contributed by atoms with E-state index in [0.29, 0.717) is 0 Å². The molecule has 8 nitrogen and oxygen atoms in total. The van der Waals surface area contributed by atoms with E-state index < -0.39 is 32.4 Å². The van der Waals surface area contributed by atoms with E-state index in [9.17, 15) is 14.2 Å². The van der Waals surface area contributed by atoms with Crippen LogP contribution in [0.5, 0.6) is 0 Å². The highest BCUT2D eigenvalue weighted by atomic mass is 31.2. The number of hydrogen-bond acceptors (Lipinski definition) is 4. The van der Waals surface area contributed by atoms with Crippen molar-refractivity contribution in [2.45, 2.75) is 5.34 Å². The second kappa shape index (κ2) is 4.59. The Morgan fingerprint density at radius 1 is 1.18 bits per heavy atom. The Labute approximate surface area is 96.3 Å². The molecule has 0 aliphatic heterocycles. The minimum atomic E-state index is -5.21. The highest BCUT2D eigenvalue weighted by molar-refractivity contribution is 7.56. The zero-order valence-electron chi connectivity index (χ0n) is 8.41. The van der Waals surface area contributed by atoms with Gasteiger partial charge in [0.25, 0.3) is 0 Å². The molecule has 0 aliphatic carbocycles. The molecule has 0 radical (unpaired) electrons. The zero-order chi connectivity index (χ0) is 13.3. The van der Waals surface area contributed by atoms with Gasteiger partial charge in [0.15, 0.2) is 0 Å². The van der Waals surface area contributed by atoms with Crippen LogP contribution in [0.3, 0.4) is 0 Å². The molecule has 0 saturated heterocycles. The molecule has 1 unspecified atom stereocenters. The van der Waals surface area contributed by atoms with Crippen LogP contribution in [0.25, 0.3) is 0 Å². The van der Waals surface area contributed by atoms with Gasteiger partial charge in [0.1, 0.15) is 0 Å². The van der Waals surface area contributed by atoms with E-state index in [2.05, 4.69) is 4.98 Å². The molecule has 0 amide bonds. The predicted molar refractivity (Wildman–Crippen MR) is 57.1 cm³/mol. The maximum absolute atomic E-state index is 11.2. The molecule has 96 valence electrons. The first-order valence-electron chi connectivity index (χ1n) is 4.30. The average molecular weight is 283 g/mol. The Hall–Kier alpha value is -0.590. The summed E-state index contributed by atoms with van der Waals surface area (Å²) >= 11 is 0. The van der Waals surface area contributed by atoms with Gasteiger partial charge in [0, 0.05) is 6.20 Å². The lowest BCUT2D eigenvalue weighted by Crippen LogP contribution is -2.31. The van der Waals surface area contributed by atoms with Crippen molar-refractivity contribution in [1.29, 1.82) is 0 Å². The highest BCUT2D eigenvalue weighted by Crippen LogP contribution is 2.60. The smallest absolute Gasteiger partial charge is 0.363 e. The first-order valence-corrected chi connectivity index (χ1v) is 7.71. The molecule has 0 bridgehead atoms. The van der Waals surface area contributed by atoms with Crippen molar-refractivity contribution in [2.75, 3.05) is 6.16 Å². The summed E-state index contributed by atoms with van der Waals surface area (Å²) < 4.78 is 22.0. The summed E-state index contributed by atoms with van der Waals surface area (Å²) in [7, 11) is -10.0. The van der Waals surface area contributed by atoms with E-state index in [1.54, 1.807) is 0 Å². The molecular weight excluding hydrogens is 272 g/mol. The monoisotopic (exact) mass is 283 g/mol. The molecule has 0 aliphatic rings. The molecule has 0 saturated carbocycles. The Morgan fingerprint density at radius 3 is 2.12 bits per heavy atom. The van der Waals surface area contributed by atoms with Gasteiger partial charge in [-0.1, -0.05) is 6.07 Å². The molecule has 1 aromatic rings. The van der Waals surface area contributed by atoms with Crippen LogP contribution in [-0.2, 0) is 14.5 Å². The number of aromatic nitrogens is 1. The predicted octanol–water partition coefficient (Wildman–Crippen LogP) is -0.418. The van der Waals surface area contributed by atoms with Gasteiger partial charge >= 0.3 is 15.2 Å². The van der Waals surface area contributed by atoms with Gasteiger partial charge in [-0.15, -0.1) is 0 Å². The second-order valence-corrected chi connectivity index (χ2v) is 6.87. The van der Waals surface area contributed by atoms with E-state index >= 15 is 0 Å². The quantitative estimate of drug-likeness (QED) is 0.468. The Kier molecular flexibility index (Phi) is 3.91. The van der Waals surface area contributed by atoms with Gasteiger partial charge in [-0.3, -0.25) is 14.1 Å². The van der Waals surface area contributed by atoms with Crippen LogP contribution >= 0.6 is 15.2 Å². The molecule has 0 fully saturated rings. The summed E-state index contributed by atoms with van der Waals surface area (Å²) in [4.78, 5) is 39.1. The van der Waals surface area contributed by atoms with Crippen molar-refractivity contribution in [3.63, 3.8) is 0 Å². The fraction of sp³-hybridized carbons (Fsp3) is 0.286. The number of rotatable bonds is 4. The van der Waals surface area contributed by atoms with Crippen molar-refractivity contribution < 1.29 is 33.8 Å². The van der Waals surface area contributed by atoms with E-state index in [4.69, 9.17) is 19.6 Å². The lowest BCUT2D eigenvalue weighted by molar-refractivity contribution is 0.101. The fourth-order valence-electron chi connectivity index (χ4n) is 1.21. The van der Waals surface area contributed by atoms with Gasteiger partial charge in [-0.2, -0.15) is 0 Å². The third-order valence-corrected chi connectivity index (χ3v) is 4.45. The molecule has 1 rings (SSSR count). The summed E-state index contributed by atoms with van der Waals surface area (Å²) in [5.74, 6) is 0. The molecule has 0 spiro atoms. The lowest BCUT2D eigenvalue weighted by Gasteiger charge is -2.28. The number of aliphatic hydroxyl groups is 1. The minimum Gasteiger partial charge on any atom is -0.372 e. The van der Waals surface area contributed by atoms with Crippen molar-refractivity contribution in [3.05, 3.63) is 30.1 Å². The zero-order valence-corrected chi connectivity index (χ0v) is 10.2. The normalized spacial score (nSPS) is 16.5. The van der Waals surface area contributed by atoms with Crippen LogP contribution in [-0.4, -0.2) is 35.8 Å². The maximum atomic E-state index is 11.2. The molecule has 1 aromatic heterocycles. The SMILES string of the molecule is O=P(O)(O)CC(O)(c1ccccn1)P(=O)(O)O. The largest absolute Gasteiger partial charge is 0.372 e. The topological polar surface area (TPSA) is 148 Å². The lowest BCUT2D eigenvalue weighted by atomic mass is 10.2. The summed E-state index contributed by atoms with van der Waals surface area (Å²) in [5.41, 5.74) is -0.489. The summed E-state index contributed by atoms with van der Waals surface area (Å²) in [5, 5.41) is 6.84. The molecule has 1 atom stereocenters. The van der Waals surface area contributed by atoms with E-state index in [1.807, 2.05) is 0 Å². The summed E-state index contributed by atoms with van der Waals surface area (Å²) in [6.45, 7) is 0. The summed E-state index contributed by atoms with van der Waals surface area (Å²) in [6.07, 6.45) is -0.253. The van der Waals surface area contributed by atoms with Gasteiger partial charge in [0.2, 0.25) is 5.34 Å². The molecule has 17 heavy (non-hydrogen) atoms. The van der Waals surface area contributed by atoms with Crippen LogP contribution < -0.4 is 0 Å². The van der Waals surface area contributed by atoms with Gasteiger partial charge < -0.3 is 24.7 Å². The minimum absolute atomic E-state index is 0.489. The molecule has 10 heteroatoms. The molecule has 0 aromatic carbocycles. The standard InChI is InChI=1S/C7H11NO7P2/c9-7(17(13,14)15,5-16(10,11)12)6-3-1-2-4-8-6/h1-4,9H,5H2,(H2,10,11,12)(H2,13,14,15). The summed E-state index contributed by atoms with van der Waals surface area (Å²) in [6, 6.07) is 3.85. The van der Waals surface area contributed by atoms with Crippen LogP contribution in [0.1, 0.15) is 5.69 Å². The number of nitrogens with zero attached hydrogens (tertiary/aromatic N) is 1. The van der Waals surface area contributed by atoms with Crippen LogP contribution in [0.15, 0.2) is 24.4 Å². The van der Waals surface area contributed by atoms with Crippen molar-refractivity contribution in [3.8, 4) is 0 Å². The first kappa shape index (κ1) is 14.5. The van der Waals surface area contributed by atoms with Crippen LogP contribution in [0.4, 0.5) is 0 Å². The average Bonchev–Trinajstić information content (AvgIpc) is 2.14. The third-order valence-electron chi connectivity index (χ3n) is 1.98. The Morgan fingerprint density at radius 2 is 1.76 bits per heavy atom. The molecule has 5 N–H and O–H groups in total. The first-order chi connectivity index (χ1) is 7.56. The van der Waals surface area contributed by atoms with E-state index in [-0.39, 0.29) is 0 Å². The Bertz CT molecular complexity index is 480. The van der Waals surface area contributed by atoms with Crippen molar-refractivity contribution in [1.82, 2.24) is 4.98 Å². The van der Waals surface area contributed by atoms with Gasteiger partial charge in [-0.05, 0) is 12.1 Å². The van der Waals surface area contributed by atoms with E-state index in [0.717, 1.165) is 12.3 Å². The highest BCUT2D eigenvalue weighted by Gasteiger charge is 2.52. The van der Waals surface area contributed by atoms with Crippen molar-refractivity contribution >= 4 is 15.2 Å². The van der Waals surface area contributed by atoms with E-state index in [1.165, 1.54) is 12.1 Å². The Balaban J connectivity index is 3.32. The third kappa shape index (κ3) is 3.43. The second-order valence-electron chi connectivity index (χ2n) is 3.40. The van der Waals surface area contributed by atoms with Gasteiger partial charge in [0.05, 0.1) is 11.9 Å². The number of hydrogen-bond donors (Lipinski definition) is 5.